The normalized spacial score (nSPS) is 12.4. The van der Waals surface area contributed by atoms with Crippen LogP contribution in [-0.2, 0) is 9.47 Å². The average molecular weight is 433 g/mol. The Morgan fingerprint density at radius 1 is 1.17 bits per heavy atom. The van der Waals surface area contributed by atoms with E-state index in [1.54, 1.807) is 52.1 Å². The minimum Gasteiger partial charge on any atom is -0.462 e. The van der Waals surface area contributed by atoms with Crippen LogP contribution in [0.5, 0.6) is 0 Å². The van der Waals surface area contributed by atoms with Gasteiger partial charge in [0.15, 0.2) is 0 Å². The molecule has 0 bridgehead atoms. The van der Waals surface area contributed by atoms with E-state index in [-0.39, 0.29) is 0 Å². The molecule has 0 radical (unpaired) electrons. The third-order valence-electron chi connectivity index (χ3n) is 3.75. The van der Waals surface area contributed by atoms with Gasteiger partial charge in [-0.15, -0.1) is 0 Å². The number of nitrogens with zero attached hydrogens (tertiary/aromatic N) is 1. The maximum Gasteiger partial charge on any atom is 0.412 e. The Balaban J connectivity index is 2.90. The number of aliphatic imine (C=N–C) groups is 1. The minimum absolute atomic E-state index is 0.296. The zero-order valence-electron chi connectivity index (χ0n) is 19.4. The molecule has 166 valence electrons. The van der Waals surface area contributed by atoms with Crippen LogP contribution in [0.25, 0.3) is 0 Å². The first-order valence-electron chi connectivity index (χ1n) is 10.4. The number of benzene rings is 1. The summed E-state index contributed by atoms with van der Waals surface area (Å²) in [6.07, 6.45) is 6.34. The van der Waals surface area contributed by atoms with E-state index < -0.39 is 25.7 Å². The molecule has 0 saturated heterocycles. The monoisotopic (exact) mass is 432 g/mol. The van der Waals surface area contributed by atoms with Gasteiger partial charge in [-0.05, 0) is 58.4 Å². The van der Waals surface area contributed by atoms with Gasteiger partial charge >= 0.3 is 12.1 Å². The highest BCUT2D eigenvalue weighted by molar-refractivity contribution is 6.76. The number of carbonyl (C=O) groups is 2. The molecule has 0 aliphatic rings. The Labute approximate surface area is 181 Å². The van der Waals surface area contributed by atoms with Crippen molar-refractivity contribution in [3.8, 4) is 0 Å². The zero-order chi connectivity index (χ0) is 22.8. The van der Waals surface area contributed by atoms with Crippen LogP contribution in [0.1, 0.15) is 50.0 Å². The maximum absolute atomic E-state index is 12.2. The first kappa shape index (κ1) is 25.6. The third kappa shape index (κ3) is 10.9. The summed E-state index contributed by atoms with van der Waals surface area (Å²) in [6, 6.07) is 6.09. The fourth-order valence-corrected chi connectivity index (χ4v) is 3.28. The van der Waals surface area contributed by atoms with Crippen molar-refractivity contribution in [2.45, 2.75) is 65.4 Å². The van der Waals surface area contributed by atoms with Gasteiger partial charge in [-0.1, -0.05) is 31.8 Å². The largest absolute Gasteiger partial charge is 0.462 e. The van der Waals surface area contributed by atoms with E-state index in [4.69, 9.17) is 9.47 Å². The number of rotatable bonds is 9. The molecular weight excluding hydrogens is 396 g/mol. The van der Waals surface area contributed by atoms with Crippen molar-refractivity contribution in [1.29, 1.82) is 0 Å². The van der Waals surface area contributed by atoms with Crippen LogP contribution in [0.2, 0.25) is 25.7 Å². The van der Waals surface area contributed by atoms with E-state index in [9.17, 15) is 9.59 Å². The van der Waals surface area contributed by atoms with E-state index in [0.29, 0.717) is 30.0 Å². The molecule has 0 fully saturated rings. The van der Waals surface area contributed by atoms with Crippen molar-refractivity contribution in [1.82, 2.24) is 0 Å². The van der Waals surface area contributed by atoms with Crippen molar-refractivity contribution in [2.24, 2.45) is 4.99 Å². The lowest BCUT2D eigenvalue weighted by Gasteiger charge is -2.20. The summed E-state index contributed by atoms with van der Waals surface area (Å²) in [7, 11) is -1.06. The number of ether oxygens (including phenoxy) is 2. The predicted octanol–water partition coefficient (Wildman–Crippen LogP) is 5.91. The highest BCUT2D eigenvalue weighted by Gasteiger charge is 2.18. The number of esters is 1. The van der Waals surface area contributed by atoms with Crippen LogP contribution in [0.15, 0.2) is 35.3 Å². The van der Waals surface area contributed by atoms with Crippen LogP contribution in [0.3, 0.4) is 0 Å². The summed E-state index contributed by atoms with van der Waals surface area (Å²) in [6.45, 7) is 15.1. The lowest BCUT2D eigenvalue weighted by molar-refractivity contribution is 0.0525. The molecule has 0 unspecified atom stereocenters. The van der Waals surface area contributed by atoms with E-state index in [2.05, 4.69) is 42.1 Å². The number of hydrogen-bond donors (Lipinski definition) is 1. The molecule has 1 aromatic rings. The van der Waals surface area contributed by atoms with Crippen LogP contribution >= 0.6 is 0 Å². The molecule has 1 rings (SSSR count). The molecule has 0 spiro atoms. The highest BCUT2D eigenvalue weighted by Crippen LogP contribution is 2.19. The van der Waals surface area contributed by atoms with Crippen molar-refractivity contribution in [3.63, 3.8) is 0 Å². The number of allylic oxidation sites excluding steroid dienone is 1. The lowest BCUT2D eigenvalue weighted by Crippen LogP contribution is -2.27. The number of carbonyl (C=O) groups excluding carboxylic acids is 2. The smallest absolute Gasteiger partial charge is 0.412 e. The van der Waals surface area contributed by atoms with E-state index in [1.165, 1.54) is 0 Å². The summed E-state index contributed by atoms with van der Waals surface area (Å²) in [5.41, 5.74) is 0.946. The van der Waals surface area contributed by atoms with Gasteiger partial charge in [0.2, 0.25) is 0 Å². The van der Waals surface area contributed by atoms with Crippen molar-refractivity contribution in [2.75, 3.05) is 18.5 Å². The quantitative estimate of drug-likeness (QED) is 0.173. The standard InChI is InChI=1S/C23H36N2O4Si/c1-8-28-21(26)18-12-13-20(25-22(27)29-23(2,3)4)19(16-18)17-24-14-10-9-11-15-30(5,6)7/h9,11-13,16-17H,8,10,14-15H2,1-7H3,(H,25,27)/b11-9-,24-17?. The third-order valence-corrected chi connectivity index (χ3v) is 5.21. The van der Waals surface area contributed by atoms with Crippen molar-refractivity contribution < 1.29 is 19.1 Å². The van der Waals surface area contributed by atoms with Gasteiger partial charge in [-0.2, -0.15) is 0 Å². The number of anilines is 1. The van der Waals surface area contributed by atoms with Gasteiger partial charge in [-0.3, -0.25) is 10.3 Å². The molecule has 0 aliphatic carbocycles. The van der Waals surface area contributed by atoms with Gasteiger partial charge in [0, 0.05) is 26.4 Å². The molecule has 0 heterocycles. The highest BCUT2D eigenvalue weighted by atomic mass is 28.3. The first-order valence-corrected chi connectivity index (χ1v) is 14.1. The first-order chi connectivity index (χ1) is 13.9. The molecule has 0 atom stereocenters. The van der Waals surface area contributed by atoms with E-state index in [0.717, 1.165) is 12.5 Å². The zero-order valence-corrected chi connectivity index (χ0v) is 20.4. The van der Waals surface area contributed by atoms with Crippen LogP contribution in [-0.4, -0.2) is 45.1 Å². The Kier molecular flexibility index (Phi) is 9.98. The van der Waals surface area contributed by atoms with Crippen LogP contribution < -0.4 is 5.32 Å². The second-order valence-corrected chi connectivity index (χ2v) is 14.7. The van der Waals surface area contributed by atoms with Crippen molar-refractivity contribution >= 4 is 32.0 Å². The molecule has 6 nitrogen and oxygen atoms in total. The van der Waals surface area contributed by atoms with Gasteiger partial charge in [-0.25, -0.2) is 9.59 Å². The van der Waals surface area contributed by atoms with Gasteiger partial charge in [0.05, 0.1) is 17.9 Å². The molecule has 30 heavy (non-hydrogen) atoms. The summed E-state index contributed by atoms with van der Waals surface area (Å²) >= 11 is 0. The number of amides is 1. The molecule has 1 N–H and O–H groups in total. The molecular formula is C23H36N2O4Si. The van der Waals surface area contributed by atoms with Gasteiger partial charge < -0.3 is 9.47 Å². The fourth-order valence-electron chi connectivity index (χ4n) is 2.41. The predicted molar refractivity (Wildman–Crippen MR) is 127 cm³/mol. The van der Waals surface area contributed by atoms with Crippen molar-refractivity contribution in [3.05, 3.63) is 41.5 Å². The Morgan fingerprint density at radius 2 is 1.87 bits per heavy atom. The van der Waals surface area contributed by atoms with Gasteiger partial charge in [0.1, 0.15) is 5.60 Å². The fraction of sp³-hybridized carbons (Fsp3) is 0.522. The van der Waals surface area contributed by atoms with E-state index >= 15 is 0 Å². The Morgan fingerprint density at radius 3 is 2.47 bits per heavy atom. The second kappa shape index (κ2) is 11.7. The SMILES string of the molecule is CCOC(=O)c1ccc(NC(=O)OC(C)(C)C)c(C=NCC/C=C\C[Si](C)(C)C)c1. The Hall–Kier alpha value is -2.41. The topological polar surface area (TPSA) is 77.0 Å². The van der Waals surface area contributed by atoms with Gasteiger partial charge in [0.25, 0.3) is 0 Å². The molecule has 1 aromatic carbocycles. The molecule has 1 amide bonds. The second-order valence-electron chi connectivity index (χ2n) is 9.21. The molecule has 7 heteroatoms. The average Bonchev–Trinajstić information content (AvgIpc) is 2.59. The summed E-state index contributed by atoms with van der Waals surface area (Å²) in [5.74, 6) is -0.412. The van der Waals surface area contributed by atoms with Crippen LogP contribution in [0, 0.1) is 0 Å². The summed E-state index contributed by atoms with van der Waals surface area (Å²) < 4.78 is 10.4. The summed E-state index contributed by atoms with van der Waals surface area (Å²) in [4.78, 5) is 28.7. The number of hydrogen-bond acceptors (Lipinski definition) is 5. The molecule has 0 saturated carbocycles. The van der Waals surface area contributed by atoms with E-state index in [1.807, 2.05) is 0 Å². The number of nitrogens with one attached hydrogen (secondary N) is 1. The van der Waals surface area contributed by atoms with Crippen LogP contribution in [0.4, 0.5) is 10.5 Å². The minimum atomic E-state index is -1.06. The maximum atomic E-state index is 12.2. The molecule has 0 aromatic heterocycles. The summed E-state index contributed by atoms with van der Waals surface area (Å²) in [5, 5.41) is 2.73. The lowest BCUT2D eigenvalue weighted by atomic mass is 10.1. The Bertz CT molecular complexity index is 774. The molecule has 0 aliphatic heterocycles.